The molecule has 2 saturated heterocycles. The molecule has 110 valence electrons. The van der Waals surface area contributed by atoms with Gasteiger partial charge in [0.1, 0.15) is 0 Å². The van der Waals surface area contributed by atoms with Crippen molar-refractivity contribution in [1.29, 1.82) is 0 Å². The lowest BCUT2D eigenvalue weighted by atomic mass is 9.98. The van der Waals surface area contributed by atoms with Gasteiger partial charge in [0.2, 0.25) is 0 Å². The third kappa shape index (κ3) is 3.90. The molecular weight excluding hydrogens is 254 g/mol. The Hall–Kier alpha value is -1.20. The van der Waals surface area contributed by atoms with Gasteiger partial charge in [-0.3, -0.25) is 0 Å². The fraction of sp³-hybridized carbons (Fsp3) is 0.733. The molecule has 0 bridgehead atoms. The molecule has 2 unspecified atom stereocenters. The Kier molecular flexibility index (Phi) is 4.82. The predicted molar refractivity (Wildman–Crippen MR) is 75.7 cm³/mol. The van der Waals surface area contributed by atoms with E-state index >= 15 is 0 Å². The molecule has 0 N–H and O–H groups in total. The van der Waals surface area contributed by atoms with Crippen molar-refractivity contribution in [3.63, 3.8) is 0 Å². The molecule has 20 heavy (non-hydrogen) atoms. The molecule has 2 aliphatic rings. The summed E-state index contributed by atoms with van der Waals surface area (Å²) >= 11 is 0. The summed E-state index contributed by atoms with van der Waals surface area (Å²) in [4.78, 5) is 10.7. The Morgan fingerprint density at radius 3 is 2.95 bits per heavy atom. The smallest absolute Gasteiger partial charge is 0.316 e. The quantitative estimate of drug-likeness (QED) is 0.820. The fourth-order valence-electron chi connectivity index (χ4n) is 3.08. The zero-order valence-corrected chi connectivity index (χ0v) is 11.9. The van der Waals surface area contributed by atoms with Crippen LogP contribution in [-0.2, 0) is 4.74 Å². The van der Waals surface area contributed by atoms with Crippen LogP contribution in [0.2, 0.25) is 0 Å². The van der Waals surface area contributed by atoms with Crippen LogP contribution < -0.4 is 4.74 Å². The van der Waals surface area contributed by atoms with Gasteiger partial charge in [0.15, 0.2) is 0 Å². The van der Waals surface area contributed by atoms with Crippen molar-refractivity contribution < 1.29 is 9.47 Å². The van der Waals surface area contributed by atoms with Crippen molar-refractivity contribution in [3.8, 4) is 6.01 Å². The van der Waals surface area contributed by atoms with Crippen LogP contribution in [0.4, 0.5) is 0 Å². The minimum Gasteiger partial charge on any atom is -0.463 e. The van der Waals surface area contributed by atoms with Gasteiger partial charge in [0.05, 0.1) is 12.7 Å². The highest BCUT2D eigenvalue weighted by Gasteiger charge is 2.24. The van der Waals surface area contributed by atoms with E-state index in [-0.39, 0.29) is 0 Å². The Balaban J connectivity index is 1.43. The SMILES string of the molecule is c1cnc(OCC2CCCN(CC3CCCO3)C2)nc1. The third-order valence-electron chi connectivity index (χ3n) is 4.08. The number of rotatable bonds is 5. The van der Waals surface area contributed by atoms with E-state index in [1.807, 2.05) is 0 Å². The van der Waals surface area contributed by atoms with Crippen LogP contribution in [0.15, 0.2) is 18.5 Å². The van der Waals surface area contributed by atoms with Gasteiger partial charge in [-0.1, -0.05) is 0 Å². The van der Waals surface area contributed by atoms with Crippen LogP contribution in [0.3, 0.4) is 0 Å². The van der Waals surface area contributed by atoms with Crippen molar-refractivity contribution in [1.82, 2.24) is 14.9 Å². The fourth-order valence-corrected chi connectivity index (χ4v) is 3.08. The van der Waals surface area contributed by atoms with E-state index in [9.17, 15) is 0 Å². The summed E-state index contributed by atoms with van der Waals surface area (Å²) in [5, 5.41) is 0. The van der Waals surface area contributed by atoms with Crippen molar-refractivity contribution in [2.45, 2.75) is 31.8 Å². The van der Waals surface area contributed by atoms with Gasteiger partial charge in [-0.15, -0.1) is 0 Å². The third-order valence-corrected chi connectivity index (χ3v) is 4.08. The highest BCUT2D eigenvalue weighted by molar-refractivity contribution is 4.93. The summed E-state index contributed by atoms with van der Waals surface area (Å²) in [6, 6.07) is 2.29. The van der Waals surface area contributed by atoms with Crippen molar-refractivity contribution in [2.24, 2.45) is 5.92 Å². The van der Waals surface area contributed by atoms with E-state index in [4.69, 9.17) is 9.47 Å². The maximum Gasteiger partial charge on any atom is 0.316 e. The maximum absolute atomic E-state index is 5.73. The van der Waals surface area contributed by atoms with Gasteiger partial charge in [-0.05, 0) is 38.3 Å². The van der Waals surface area contributed by atoms with Crippen molar-refractivity contribution in [3.05, 3.63) is 18.5 Å². The average molecular weight is 277 g/mol. The normalized spacial score (nSPS) is 27.6. The summed E-state index contributed by atoms with van der Waals surface area (Å²) in [5.74, 6) is 0.578. The maximum atomic E-state index is 5.73. The molecule has 0 aromatic carbocycles. The van der Waals surface area contributed by atoms with Gasteiger partial charge < -0.3 is 14.4 Å². The number of hydrogen-bond donors (Lipinski definition) is 0. The summed E-state index contributed by atoms with van der Waals surface area (Å²) < 4.78 is 11.4. The van der Waals surface area contributed by atoms with Crippen LogP contribution in [0.1, 0.15) is 25.7 Å². The number of likely N-dealkylation sites (tertiary alicyclic amines) is 1. The zero-order valence-electron chi connectivity index (χ0n) is 11.9. The molecule has 0 spiro atoms. The van der Waals surface area contributed by atoms with Crippen molar-refractivity contribution in [2.75, 3.05) is 32.8 Å². The standard InChI is InChI=1S/C15H23N3O2/c1-4-13(12-20-15-16-6-3-7-17-15)10-18(8-1)11-14-5-2-9-19-14/h3,6-7,13-14H,1-2,4-5,8-12H2. The molecule has 2 aliphatic heterocycles. The van der Waals surface area contributed by atoms with Crippen LogP contribution in [-0.4, -0.2) is 53.8 Å². The highest BCUT2D eigenvalue weighted by Crippen LogP contribution is 2.20. The molecule has 2 atom stereocenters. The van der Waals surface area contributed by atoms with Crippen LogP contribution in [0.25, 0.3) is 0 Å². The first kappa shape index (κ1) is 13.8. The number of hydrogen-bond acceptors (Lipinski definition) is 5. The van der Waals surface area contributed by atoms with Gasteiger partial charge in [-0.2, -0.15) is 0 Å². The number of nitrogens with zero attached hydrogens (tertiary/aromatic N) is 3. The first-order valence-electron chi connectivity index (χ1n) is 7.64. The molecule has 1 aromatic rings. The Labute approximate surface area is 120 Å². The second-order valence-electron chi connectivity index (χ2n) is 5.75. The second-order valence-corrected chi connectivity index (χ2v) is 5.75. The predicted octanol–water partition coefficient (Wildman–Crippen LogP) is 1.75. The van der Waals surface area contributed by atoms with Crippen LogP contribution >= 0.6 is 0 Å². The lowest BCUT2D eigenvalue weighted by Crippen LogP contribution is -2.41. The molecule has 0 saturated carbocycles. The number of aromatic nitrogens is 2. The van der Waals surface area contributed by atoms with Gasteiger partial charge in [-0.25, -0.2) is 9.97 Å². The summed E-state index contributed by atoms with van der Waals surface area (Å²) in [6.45, 7) is 5.03. The topological polar surface area (TPSA) is 47.5 Å². The Morgan fingerprint density at radius 1 is 1.25 bits per heavy atom. The van der Waals surface area contributed by atoms with E-state index in [0.29, 0.717) is 24.6 Å². The Bertz CT molecular complexity index is 395. The molecule has 3 rings (SSSR count). The van der Waals surface area contributed by atoms with E-state index < -0.39 is 0 Å². The molecule has 5 nitrogen and oxygen atoms in total. The summed E-state index contributed by atoms with van der Waals surface area (Å²) in [6.07, 6.45) is 8.80. The first-order chi connectivity index (χ1) is 9.90. The van der Waals surface area contributed by atoms with Crippen LogP contribution in [0.5, 0.6) is 6.01 Å². The summed E-state index contributed by atoms with van der Waals surface area (Å²) in [7, 11) is 0. The van der Waals surface area contributed by atoms with Crippen LogP contribution in [0, 0.1) is 5.92 Å². The minimum atomic E-state index is 0.451. The number of piperidine rings is 1. The lowest BCUT2D eigenvalue weighted by molar-refractivity contribution is 0.0488. The van der Waals surface area contributed by atoms with Gasteiger partial charge in [0.25, 0.3) is 0 Å². The molecule has 0 amide bonds. The molecular formula is C15H23N3O2. The first-order valence-corrected chi connectivity index (χ1v) is 7.64. The van der Waals surface area contributed by atoms with E-state index in [1.165, 1.54) is 32.2 Å². The molecule has 0 radical (unpaired) electrons. The molecule has 3 heterocycles. The monoisotopic (exact) mass is 277 g/mol. The van der Waals surface area contributed by atoms with Gasteiger partial charge in [0, 0.05) is 38.0 Å². The number of ether oxygens (including phenoxy) is 2. The molecule has 0 aliphatic carbocycles. The molecule has 5 heteroatoms. The van der Waals surface area contributed by atoms with E-state index in [0.717, 1.165) is 19.7 Å². The van der Waals surface area contributed by atoms with E-state index in [2.05, 4.69) is 14.9 Å². The van der Waals surface area contributed by atoms with Gasteiger partial charge >= 0.3 is 6.01 Å². The highest BCUT2D eigenvalue weighted by atomic mass is 16.5. The lowest BCUT2D eigenvalue weighted by Gasteiger charge is -2.33. The zero-order chi connectivity index (χ0) is 13.6. The summed E-state index contributed by atoms with van der Waals surface area (Å²) in [5.41, 5.74) is 0. The largest absolute Gasteiger partial charge is 0.463 e. The molecule has 1 aromatic heterocycles. The minimum absolute atomic E-state index is 0.451. The second kappa shape index (κ2) is 6.99. The Morgan fingerprint density at radius 2 is 2.15 bits per heavy atom. The van der Waals surface area contributed by atoms with Crippen molar-refractivity contribution >= 4 is 0 Å². The molecule has 2 fully saturated rings. The van der Waals surface area contributed by atoms with E-state index in [1.54, 1.807) is 18.5 Å². The average Bonchev–Trinajstić information content (AvgIpc) is 3.00.